The number of thiophene rings is 1. The van der Waals surface area contributed by atoms with Gasteiger partial charge in [-0.05, 0) is 29.3 Å². The largest absolute Gasteiger partial charge is 0.507 e. The summed E-state index contributed by atoms with van der Waals surface area (Å²) in [5.41, 5.74) is 2.03. The first-order chi connectivity index (χ1) is 13.2. The highest BCUT2D eigenvalue weighted by atomic mass is 32.1. The maximum absolute atomic E-state index is 12.8. The van der Waals surface area contributed by atoms with Crippen LogP contribution in [0.3, 0.4) is 0 Å². The fourth-order valence-electron chi connectivity index (χ4n) is 2.77. The maximum atomic E-state index is 12.8. The Bertz CT molecular complexity index is 1000. The van der Waals surface area contributed by atoms with Crippen LogP contribution in [-0.4, -0.2) is 12.2 Å². The lowest BCUT2D eigenvalue weighted by Crippen LogP contribution is -2.15. The van der Waals surface area contributed by atoms with E-state index in [2.05, 4.69) is 13.2 Å². The van der Waals surface area contributed by atoms with Crippen molar-refractivity contribution in [2.75, 3.05) is 11.9 Å². The summed E-state index contributed by atoms with van der Waals surface area (Å²) in [6.07, 6.45) is -4.38. The Labute approximate surface area is 165 Å². The third-order valence-corrected chi connectivity index (χ3v) is 5.57. The summed E-state index contributed by atoms with van der Waals surface area (Å²) >= 11 is 1.39. The minimum absolute atomic E-state index is 0.0748. The predicted octanol–water partition coefficient (Wildman–Crippen LogP) is 7.07. The zero-order chi connectivity index (χ0) is 20.5. The van der Waals surface area contributed by atoms with Crippen molar-refractivity contribution in [3.8, 4) is 10.4 Å². The molecule has 0 atom stereocenters. The van der Waals surface area contributed by atoms with Gasteiger partial charge in [0.15, 0.2) is 0 Å². The molecule has 3 aromatic rings. The van der Waals surface area contributed by atoms with Crippen molar-refractivity contribution in [3.63, 3.8) is 0 Å². The van der Waals surface area contributed by atoms with E-state index < -0.39 is 11.7 Å². The van der Waals surface area contributed by atoms with E-state index in [1.54, 1.807) is 11.9 Å². The van der Waals surface area contributed by atoms with Crippen LogP contribution >= 0.6 is 11.3 Å². The molecule has 2 nitrogen and oxygen atoms in total. The summed E-state index contributed by atoms with van der Waals surface area (Å²) in [7, 11) is 1.75. The first-order valence-electron chi connectivity index (χ1n) is 8.36. The Morgan fingerprint density at radius 3 is 2.14 bits per heavy atom. The topological polar surface area (TPSA) is 23.5 Å². The summed E-state index contributed by atoms with van der Waals surface area (Å²) in [6, 6.07) is 16.4. The van der Waals surface area contributed by atoms with Crippen LogP contribution < -0.4 is 4.90 Å². The van der Waals surface area contributed by atoms with Gasteiger partial charge in [0.25, 0.3) is 0 Å². The van der Waals surface area contributed by atoms with Gasteiger partial charge in [0, 0.05) is 17.6 Å². The first kappa shape index (κ1) is 19.8. The van der Waals surface area contributed by atoms with Crippen molar-refractivity contribution in [2.24, 2.45) is 0 Å². The van der Waals surface area contributed by atoms with Gasteiger partial charge in [-0.15, -0.1) is 11.3 Å². The molecule has 0 spiro atoms. The fourth-order valence-corrected chi connectivity index (χ4v) is 3.84. The quantitative estimate of drug-likeness (QED) is 0.462. The molecule has 0 aliphatic rings. The molecule has 6 heteroatoms. The lowest BCUT2D eigenvalue weighted by molar-refractivity contribution is -0.137. The summed E-state index contributed by atoms with van der Waals surface area (Å²) in [5, 5.41) is 10.0. The average Bonchev–Trinajstić information content (AvgIpc) is 3.13. The lowest BCUT2D eigenvalue weighted by Gasteiger charge is -2.22. The van der Waals surface area contributed by atoms with E-state index in [4.69, 9.17) is 0 Å². The molecule has 1 N–H and O–H groups in total. The SMILES string of the molecule is C=C(O)c1sc(-c2ccccc2)cc1N(C)C(=C)c1ccc(C(F)(F)F)cc1. The molecule has 0 fully saturated rings. The minimum Gasteiger partial charge on any atom is -0.507 e. The number of nitrogens with zero attached hydrogens (tertiary/aromatic N) is 1. The van der Waals surface area contributed by atoms with Crippen molar-refractivity contribution < 1.29 is 18.3 Å². The Morgan fingerprint density at radius 2 is 1.61 bits per heavy atom. The summed E-state index contributed by atoms with van der Waals surface area (Å²) < 4.78 is 38.3. The third-order valence-electron chi connectivity index (χ3n) is 4.34. The molecule has 2 aromatic carbocycles. The summed E-state index contributed by atoms with van der Waals surface area (Å²) in [4.78, 5) is 3.25. The van der Waals surface area contributed by atoms with E-state index in [0.29, 0.717) is 21.8 Å². The molecule has 0 unspecified atom stereocenters. The van der Waals surface area contributed by atoms with E-state index in [-0.39, 0.29) is 5.76 Å². The molecule has 0 aliphatic heterocycles. The van der Waals surface area contributed by atoms with Crippen molar-refractivity contribution >= 4 is 28.5 Å². The van der Waals surface area contributed by atoms with Gasteiger partial charge in [-0.2, -0.15) is 13.2 Å². The van der Waals surface area contributed by atoms with Crippen LogP contribution in [0.15, 0.2) is 73.8 Å². The van der Waals surface area contributed by atoms with Crippen molar-refractivity contribution in [1.29, 1.82) is 0 Å². The molecule has 0 aliphatic carbocycles. The number of rotatable bonds is 5. The molecule has 28 heavy (non-hydrogen) atoms. The average molecular weight is 401 g/mol. The van der Waals surface area contributed by atoms with E-state index >= 15 is 0 Å². The van der Waals surface area contributed by atoms with Gasteiger partial charge in [-0.25, -0.2) is 0 Å². The Balaban J connectivity index is 1.95. The van der Waals surface area contributed by atoms with E-state index in [1.165, 1.54) is 23.5 Å². The molecular weight excluding hydrogens is 383 g/mol. The monoisotopic (exact) mass is 401 g/mol. The maximum Gasteiger partial charge on any atom is 0.416 e. The number of aliphatic hydroxyl groups is 1. The van der Waals surface area contributed by atoms with Crippen molar-refractivity contribution in [2.45, 2.75) is 6.18 Å². The molecule has 1 aromatic heterocycles. The molecule has 144 valence electrons. The molecule has 1 heterocycles. The molecule has 3 rings (SSSR count). The summed E-state index contributed by atoms with van der Waals surface area (Å²) in [6.45, 7) is 7.64. The minimum atomic E-state index is -4.38. The lowest BCUT2D eigenvalue weighted by atomic mass is 10.1. The molecule has 0 saturated carbocycles. The number of hydrogen-bond donors (Lipinski definition) is 1. The number of alkyl halides is 3. The number of anilines is 1. The second-order valence-corrected chi connectivity index (χ2v) is 7.27. The Hall–Kier alpha value is -2.99. The highest BCUT2D eigenvalue weighted by Gasteiger charge is 2.30. The predicted molar refractivity (Wildman–Crippen MR) is 110 cm³/mol. The van der Waals surface area contributed by atoms with Crippen LogP contribution in [0.1, 0.15) is 16.0 Å². The normalized spacial score (nSPS) is 11.3. The van der Waals surface area contributed by atoms with Crippen molar-refractivity contribution in [1.82, 2.24) is 0 Å². The van der Waals surface area contributed by atoms with Crippen LogP contribution in [0.5, 0.6) is 0 Å². The molecule has 0 saturated heterocycles. The number of hydrogen-bond acceptors (Lipinski definition) is 3. The standard InChI is InChI=1S/C22H18F3NOS/c1-14(16-9-11-18(12-10-16)22(23,24)25)26(3)19-13-20(28-21(19)15(2)27)17-7-5-4-6-8-17/h4-13,27H,1-2H2,3H3. The Kier molecular flexibility index (Phi) is 5.34. The van der Waals surface area contributed by atoms with Crippen LogP contribution in [0, 0.1) is 0 Å². The molecular formula is C22H18F3NOS. The highest BCUT2D eigenvalue weighted by molar-refractivity contribution is 7.17. The second kappa shape index (κ2) is 7.56. The summed E-state index contributed by atoms with van der Waals surface area (Å²) in [5.74, 6) is -0.0748. The molecule has 0 amide bonds. The van der Waals surface area contributed by atoms with Gasteiger partial charge < -0.3 is 10.0 Å². The van der Waals surface area contributed by atoms with E-state index in [0.717, 1.165) is 22.6 Å². The van der Waals surface area contributed by atoms with Gasteiger partial charge in [0.1, 0.15) is 5.76 Å². The smallest absolute Gasteiger partial charge is 0.416 e. The van der Waals surface area contributed by atoms with Gasteiger partial charge >= 0.3 is 6.18 Å². The van der Waals surface area contributed by atoms with E-state index in [9.17, 15) is 18.3 Å². The molecule has 0 radical (unpaired) electrons. The number of halogens is 3. The highest BCUT2D eigenvalue weighted by Crippen LogP contribution is 2.41. The van der Waals surface area contributed by atoms with Gasteiger partial charge in [0.05, 0.1) is 16.1 Å². The van der Waals surface area contributed by atoms with Crippen LogP contribution in [0.25, 0.3) is 21.9 Å². The van der Waals surface area contributed by atoms with Gasteiger partial charge in [0.2, 0.25) is 0 Å². The number of benzene rings is 2. The van der Waals surface area contributed by atoms with Crippen molar-refractivity contribution in [3.05, 3.63) is 89.8 Å². The number of aliphatic hydroxyl groups excluding tert-OH is 1. The van der Waals surface area contributed by atoms with Gasteiger partial charge in [-0.3, -0.25) is 0 Å². The van der Waals surface area contributed by atoms with Crippen LogP contribution in [0.4, 0.5) is 18.9 Å². The third kappa shape index (κ3) is 3.97. The Morgan fingerprint density at radius 1 is 1.00 bits per heavy atom. The first-order valence-corrected chi connectivity index (χ1v) is 9.18. The van der Waals surface area contributed by atoms with Crippen LogP contribution in [-0.2, 0) is 6.18 Å². The zero-order valence-corrected chi connectivity index (χ0v) is 15.9. The zero-order valence-electron chi connectivity index (χ0n) is 15.1. The van der Waals surface area contributed by atoms with Crippen LogP contribution in [0.2, 0.25) is 0 Å². The fraction of sp³-hybridized carbons (Fsp3) is 0.0909. The second-order valence-electron chi connectivity index (χ2n) is 6.22. The van der Waals surface area contributed by atoms with E-state index in [1.807, 2.05) is 36.4 Å². The molecule has 0 bridgehead atoms. The van der Waals surface area contributed by atoms with Gasteiger partial charge in [-0.1, -0.05) is 55.6 Å².